The molecule has 0 spiro atoms. The summed E-state index contributed by atoms with van der Waals surface area (Å²) < 4.78 is 0. The molecule has 0 radical (unpaired) electrons. The van der Waals surface area contributed by atoms with Crippen LogP contribution in [0, 0.1) is 5.92 Å². The third kappa shape index (κ3) is 7.70. The molecule has 2 atom stereocenters. The van der Waals surface area contributed by atoms with Crippen LogP contribution in [0.3, 0.4) is 0 Å². The molecule has 2 rings (SSSR count). The van der Waals surface area contributed by atoms with Crippen LogP contribution in [0.25, 0.3) is 0 Å². The number of rotatable bonds is 8. The topological polar surface area (TPSA) is 39.7 Å². The molecule has 1 aromatic heterocycles. The van der Waals surface area contributed by atoms with Crippen molar-refractivity contribution in [2.24, 2.45) is 10.9 Å². The molecular formula is C18H33IN4S. The Bertz CT molecular complexity index is 458. The first-order valence-corrected chi connectivity index (χ1v) is 9.85. The lowest BCUT2D eigenvalue weighted by atomic mass is 10.1. The van der Waals surface area contributed by atoms with E-state index in [2.05, 4.69) is 53.8 Å². The Morgan fingerprint density at radius 2 is 2.04 bits per heavy atom. The van der Waals surface area contributed by atoms with Crippen LogP contribution >= 0.6 is 35.3 Å². The number of guanidine groups is 1. The van der Waals surface area contributed by atoms with Gasteiger partial charge in [0.25, 0.3) is 0 Å². The predicted octanol–water partition coefficient (Wildman–Crippen LogP) is 3.76. The average Bonchev–Trinajstić information content (AvgIpc) is 3.23. The molecule has 1 aliphatic heterocycles. The summed E-state index contributed by atoms with van der Waals surface area (Å²) in [4.78, 5) is 8.78. The van der Waals surface area contributed by atoms with Crippen molar-refractivity contribution >= 4 is 41.3 Å². The van der Waals surface area contributed by atoms with Crippen molar-refractivity contribution in [2.45, 2.75) is 39.5 Å². The second-order valence-corrected chi connectivity index (χ2v) is 7.61. The van der Waals surface area contributed by atoms with E-state index in [9.17, 15) is 0 Å². The smallest absolute Gasteiger partial charge is 0.191 e. The minimum atomic E-state index is 0. The van der Waals surface area contributed by atoms with E-state index >= 15 is 0 Å². The maximum atomic E-state index is 4.78. The Balaban J connectivity index is 0.00000288. The van der Waals surface area contributed by atoms with Crippen molar-refractivity contribution in [1.82, 2.24) is 15.5 Å². The molecule has 0 saturated carbocycles. The molecule has 24 heavy (non-hydrogen) atoms. The highest BCUT2D eigenvalue weighted by Gasteiger charge is 2.14. The largest absolute Gasteiger partial charge is 0.357 e. The number of nitrogens with zero attached hydrogens (tertiary/aromatic N) is 2. The van der Waals surface area contributed by atoms with Gasteiger partial charge in [-0.25, -0.2) is 0 Å². The molecule has 1 aromatic rings. The van der Waals surface area contributed by atoms with Crippen LogP contribution < -0.4 is 10.6 Å². The maximum absolute atomic E-state index is 4.78. The molecule has 2 N–H and O–H groups in total. The normalized spacial score (nSPS) is 18.0. The molecular weight excluding hydrogens is 431 g/mol. The molecule has 0 aromatic carbocycles. The number of nitrogens with one attached hydrogen (secondary N) is 2. The summed E-state index contributed by atoms with van der Waals surface area (Å²) in [5.74, 6) is 2.07. The van der Waals surface area contributed by atoms with Crippen molar-refractivity contribution in [1.29, 1.82) is 0 Å². The van der Waals surface area contributed by atoms with Crippen LogP contribution in [-0.4, -0.2) is 50.1 Å². The van der Waals surface area contributed by atoms with Crippen LogP contribution in [0.4, 0.5) is 0 Å². The van der Waals surface area contributed by atoms with Crippen LogP contribution in [0.1, 0.15) is 44.4 Å². The minimum Gasteiger partial charge on any atom is -0.357 e. The van der Waals surface area contributed by atoms with Crippen LogP contribution in [0.2, 0.25) is 0 Å². The summed E-state index contributed by atoms with van der Waals surface area (Å²) in [6, 6.07) is 4.33. The van der Waals surface area contributed by atoms with Gasteiger partial charge in [-0.15, -0.1) is 35.3 Å². The monoisotopic (exact) mass is 464 g/mol. The van der Waals surface area contributed by atoms with Crippen LogP contribution in [0.5, 0.6) is 0 Å². The fourth-order valence-electron chi connectivity index (χ4n) is 2.97. The van der Waals surface area contributed by atoms with E-state index < -0.39 is 0 Å². The lowest BCUT2D eigenvalue weighted by Crippen LogP contribution is -2.39. The van der Waals surface area contributed by atoms with E-state index in [1.807, 2.05) is 11.3 Å². The number of hydrogen-bond acceptors (Lipinski definition) is 3. The summed E-state index contributed by atoms with van der Waals surface area (Å²) >= 11 is 1.83. The van der Waals surface area contributed by atoms with Gasteiger partial charge in [-0.3, -0.25) is 4.99 Å². The SMILES string of the molecule is CCNC(=NCC(C)CN1CCCC1)NCC(C)c1cccs1.I. The molecule has 2 heterocycles. The minimum absolute atomic E-state index is 0. The van der Waals surface area contributed by atoms with E-state index in [-0.39, 0.29) is 24.0 Å². The molecule has 4 nitrogen and oxygen atoms in total. The predicted molar refractivity (Wildman–Crippen MR) is 117 cm³/mol. The van der Waals surface area contributed by atoms with Crippen molar-refractivity contribution < 1.29 is 0 Å². The van der Waals surface area contributed by atoms with E-state index in [1.54, 1.807) is 0 Å². The first-order chi connectivity index (χ1) is 11.2. The molecule has 0 bridgehead atoms. The molecule has 1 aliphatic rings. The number of halogens is 1. The van der Waals surface area contributed by atoms with E-state index in [0.717, 1.165) is 25.6 Å². The van der Waals surface area contributed by atoms with Gasteiger partial charge >= 0.3 is 0 Å². The molecule has 2 unspecified atom stereocenters. The number of aliphatic imine (C=N–C) groups is 1. The lowest BCUT2D eigenvalue weighted by Gasteiger charge is -2.20. The summed E-state index contributed by atoms with van der Waals surface area (Å²) in [7, 11) is 0. The van der Waals surface area contributed by atoms with Gasteiger partial charge in [-0.05, 0) is 50.2 Å². The molecule has 1 saturated heterocycles. The Kier molecular flexibility index (Phi) is 10.9. The Labute approximate surface area is 168 Å². The van der Waals surface area contributed by atoms with Gasteiger partial charge in [0.05, 0.1) is 0 Å². The maximum Gasteiger partial charge on any atom is 0.191 e. The first-order valence-electron chi connectivity index (χ1n) is 8.97. The summed E-state index contributed by atoms with van der Waals surface area (Å²) in [5.41, 5.74) is 0. The Morgan fingerprint density at radius 3 is 2.67 bits per heavy atom. The second-order valence-electron chi connectivity index (χ2n) is 6.63. The summed E-state index contributed by atoms with van der Waals surface area (Å²) in [6.45, 7) is 13.1. The highest BCUT2D eigenvalue weighted by atomic mass is 127. The first kappa shape index (κ1) is 21.7. The van der Waals surface area contributed by atoms with Crippen molar-refractivity contribution in [3.8, 4) is 0 Å². The number of thiophene rings is 1. The highest BCUT2D eigenvalue weighted by molar-refractivity contribution is 14.0. The summed E-state index contributed by atoms with van der Waals surface area (Å²) in [5, 5.41) is 8.99. The van der Waals surface area contributed by atoms with E-state index in [0.29, 0.717) is 11.8 Å². The molecule has 0 aliphatic carbocycles. The van der Waals surface area contributed by atoms with Crippen molar-refractivity contribution in [3.05, 3.63) is 22.4 Å². The Hall–Kier alpha value is -0.340. The van der Waals surface area contributed by atoms with Gasteiger partial charge in [0.1, 0.15) is 0 Å². The third-order valence-corrected chi connectivity index (χ3v) is 5.38. The fraction of sp³-hybridized carbons (Fsp3) is 0.722. The number of hydrogen-bond donors (Lipinski definition) is 2. The van der Waals surface area contributed by atoms with Gasteiger partial charge < -0.3 is 15.5 Å². The van der Waals surface area contributed by atoms with Gasteiger partial charge in [-0.2, -0.15) is 0 Å². The van der Waals surface area contributed by atoms with E-state index in [1.165, 1.54) is 37.4 Å². The highest BCUT2D eigenvalue weighted by Crippen LogP contribution is 2.19. The van der Waals surface area contributed by atoms with Crippen LogP contribution in [-0.2, 0) is 0 Å². The summed E-state index contributed by atoms with van der Waals surface area (Å²) in [6.07, 6.45) is 2.72. The zero-order chi connectivity index (χ0) is 16.5. The average molecular weight is 464 g/mol. The van der Waals surface area contributed by atoms with Gasteiger partial charge in [0.2, 0.25) is 0 Å². The Morgan fingerprint density at radius 1 is 1.29 bits per heavy atom. The van der Waals surface area contributed by atoms with Crippen LogP contribution in [0.15, 0.2) is 22.5 Å². The molecule has 138 valence electrons. The second kappa shape index (κ2) is 12.1. The fourth-order valence-corrected chi connectivity index (χ4v) is 3.76. The van der Waals surface area contributed by atoms with Gasteiger partial charge in [-0.1, -0.05) is 19.9 Å². The third-order valence-electron chi connectivity index (χ3n) is 4.28. The molecule has 0 amide bonds. The standard InChI is InChI=1S/C18H32N4S.HI/c1-4-19-18(21-13-16(3)17-8-7-11-23-17)20-12-15(2)14-22-9-5-6-10-22;/h7-8,11,15-16H,4-6,9-10,12-14H2,1-3H3,(H2,19,20,21);1H. The lowest BCUT2D eigenvalue weighted by molar-refractivity contribution is 0.291. The quantitative estimate of drug-likeness (QED) is 0.350. The zero-order valence-electron chi connectivity index (χ0n) is 15.3. The van der Waals surface area contributed by atoms with Gasteiger partial charge in [0.15, 0.2) is 5.96 Å². The molecule has 6 heteroatoms. The van der Waals surface area contributed by atoms with Crippen molar-refractivity contribution in [2.75, 3.05) is 39.3 Å². The van der Waals surface area contributed by atoms with Crippen molar-refractivity contribution in [3.63, 3.8) is 0 Å². The number of likely N-dealkylation sites (tertiary alicyclic amines) is 1. The zero-order valence-corrected chi connectivity index (χ0v) is 18.4. The van der Waals surface area contributed by atoms with E-state index in [4.69, 9.17) is 4.99 Å². The van der Waals surface area contributed by atoms with Gasteiger partial charge in [0, 0.05) is 37.0 Å². The molecule has 1 fully saturated rings.